The Kier molecular flexibility index (Phi) is 6.36. The predicted molar refractivity (Wildman–Crippen MR) is 113 cm³/mol. The van der Waals surface area contributed by atoms with E-state index in [1.54, 1.807) is 6.08 Å². The maximum atomic E-state index is 11.9. The molecule has 0 atom stereocenters. The van der Waals surface area contributed by atoms with Gasteiger partial charge in [0.15, 0.2) is 16.6 Å². The van der Waals surface area contributed by atoms with Gasteiger partial charge >= 0.3 is 0 Å². The monoisotopic (exact) mass is 466 g/mol. The first-order chi connectivity index (χ1) is 13.0. The number of benzene rings is 2. The third-order valence-corrected chi connectivity index (χ3v) is 4.83. The van der Waals surface area contributed by atoms with Crippen molar-refractivity contribution in [3.8, 4) is 11.5 Å². The second kappa shape index (κ2) is 8.73. The van der Waals surface area contributed by atoms with Gasteiger partial charge in [-0.25, -0.2) is 0 Å². The molecule has 0 bridgehead atoms. The zero-order chi connectivity index (χ0) is 19.4. The van der Waals surface area contributed by atoms with Gasteiger partial charge in [0.2, 0.25) is 0 Å². The quantitative estimate of drug-likeness (QED) is 0.486. The molecule has 140 valence electrons. The van der Waals surface area contributed by atoms with Gasteiger partial charge in [-0.2, -0.15) is 0 Å². The number of amides is 1. The minimum Gasteiger partial charge on any atom is -0.490 e. The summed E-state index contributed by atoms with van der Waals surface area (Å²) in [6.07, 6.45) is 1.70. The van der Waals surface area contributed by atoms with E-state index in [1.165, 1.54) is 0 Å². The molecule has 0 aliphatic carbocycles. The van der Waals surface area contributed by atoms with Crippen molar-refractivity contribution in [3.05, 3.63) is 62.7 Å². The van der Waals surface area contributed by atoms with Crippen LogP contribution in [0.25, 0.3) is 6.08 Å². The van der Waals surface area contributed by atoms with Gasteiger partial charge in [0.1, 0.15) is 12.3 Å². The van der Waals surface area contributed by atoms with Crippen molar-refractivity contribution in [1.29, 1.82) is 0 Å². The van der Waals surface area contributed by atoms with Crippen LogP contribution in [0.3, 0.4) is 0 Å². The zero-order valence-electron chi connectivity index (χ0n) is 14.3. The van der Waals surface area contributed by atoms with Gasteiger partial charge < -0.3 is 14.8 Å². The summed E-state index contributed by atoms with van der Waals surface area (Å²) in [5.41, 5.74) is 2.13. The Morgan fingerprint density at radius 1 is 1.15 bits per heavy atom. The number of nitrogens with one attached hydrogen (secondary N) is 2. The van der Waals surface area contributed by atoms with E-state index in [0.29, 0.717) is 35.4 Å². The van der Waals surface area contributed by atoms with Crippen LogP contribution in [0, 0.1) is 0 Å². The molecule has 27 heavy (non-hydrogen) atoms. The molecule has 5 nitrogen and oxygen atoms in total. The van der Waals surface area contributed by atoms with Crippen LogP contribution in [-0.4, -0.2) is 17.6 Å². The summed E-state index contributed by atoms with van der Waals surface area (Å²) in [5.74, 6) is 0.913. The van der Waals surface area contributed by atoms with E-state index >= 15 is 0 Å². The van der Waals surface area contributed by atoms with Crippen LogP contribution < -0.4 is 20.1 Å². The van der Waals surface area contributed by atoms with Gasteiger partial charge in [-0.05, 0) is 60.6 Å². The molecular formula is C19H16BrClN2O3S. The van der Waals surface area contributed by atoms with E-state index < -0.39 is 0 Å². The summed E-state index contributed by atoms with van der Waals surface area (Å²) in [7, 11) is 0. The second-order valence-electron chi connectivity index (χ2n) is 5.63. The average Bonchev–Trinajstić information content (AvgIpc) is 2.95. The summed E-state index contributed by atoms with van der Waals surface area (Å²) < 4.78 is 12.4. The van der Waals surface area contributed by atoms with Crippen LogP contribution in [0.15, 0.2) is 46.6 Å². The number of rotatable bonds is 6. The summed E-state index contributed by atoms with van der Waals surface area (Å²) in [6.45, 7) is 2.76. The van der Waals surface area contributed by atoms with Gasteiger partial charge in [-0.15, -0.1) is 0 Å². The molecule has 0 unspecified atom stereocenters. The normalized spacial score (nSPS) is 14.9. The summed E-state index contributed by atoms with van der Waals surface area (Å²) in [6, 6.07) is 11.1. The molecule has 0 spiro atoms. The molecule has 3 rings (SSSR count). The van der Waals surface area contributed by atoms with E-state index in [1.807, 2.05) is 43.3 Å². The topological polar surface area (TPSA) is 59.6 Å². The lowest BCUT2D eigenvalue weighted by Gasteiger charge is -2.14. The molecule has 1 amide bonds. The summed E-state index contributed by atoms with van der Waals surface area (Å²) in [4.78, 5) is 11.9. The van der Waals surface area contributed by atoms with Crippen LogP contribution in [0.5, 0.6) is 11.5 Å². The minimum atomic E-state index is -0.270. The average molecular weight is 468 g/mol. The van der Waals surface area contributed by atoms with Crippen molar-refractivity contribution < 1.29 is 14.3 Å². The number of hydrogen-bond acceptors (Lipinski definition) is 4. The van der Waals surface area contributed by atoms with Crippen LogP contribution in [0.4, 0.5) is 0 Å². The van der Waals surface area contributed by atoms with Crippen molar-refractivity contribution in [2.24, 2.45) is 0 Å². The van der Waals surface area contributed by atoms with Gasteiger partial charge in [0.05, 0.1) is 6.61 Å². The number of ether oxygens (including phenoxy) is 2. The highest BCUT2D eigenvalue weighted by Crippen LogP contribution is 2.35. The summed E-state index contributed by atoms with van der Waals surface area (Å²) in [5, 5.41) is 6.32. The molecule has 1 aliphatic heterocycles. The van der Waals surface area contributed by atoms with Crippen molar-refractivity contribution >= 4 is 56.8 Å². The Morgan fingerprint density at radius 2 is 1.85 bits per heavy atom. The lowest BCUT2D eigenvalue weighted by molar-refractivity contribution is -0.115. The largest absolute Gasteiger partial charge is 0.490 e. The van der Waals surface area contributed by atoms with Crippen LogP contribution >= 0.6 is 39.7 Å². The zero-order valence-corrected chi connectivity index (χ0v) is 17.5. The standard InChI is InChI=1S/C19H16BrClN2O3S/c1-2-25-16-8-12(7-15-18(24)23-19(27)22-15)14(20)9-17(16)26-10-11-3-5-13(21)6-4-11/h3-9H,2,10H2,1H3,(H2,22,23,24,27)/b15-7+. The molecule has 0 radical (unpaired) electrons. The highest BCUT2D eigenvalue weighted by Gasteiger charge is 2.21. The Bertz CT molecular complexity index is 916. The Hall–Kier alpha value is -2.09. The molecule has 2 N–H and O–H groups in total. The lowest BCUT2D eigenvalue weighted by Crippen LogP contribution is -2.21. The van der Waals surface area contributed by atoms with Crippen molar-refractivity contribution in [2.45, 2.75) is 13.5 Å². The van der Waals surface area contributed by atoms with Crippen molar-refractivity contribution in [3.63, 3.8) is 0 Å². The molecule has 0 aromatic heterocycles. The number of halogens is 2. The number of thiocarbonyl (C=S) groups is 1. The molecule has 2 aromatic carbocycles. The fourth-order valence-electron chi connectivity index (χ4n) is 2.42. The maximum Gasteiger partial charge on any atom is 0.273 e. The molecule has 1 heterocycles. The number of carbonyl (C=O) groups is 1. The SMILES string of the molecule is CCOc1cc(/C=C2/NC(=S)NC2=O)c(Br)cc1OCc1ccc(Cl)cc1. The van der Waals surface area contributed by atoms with Gasteiger partial charge in [-0.3, -0.25) is 10.1 Å². The highest BCUT2D eigenvalue weighted by atomic mass is 79.9. The molecule has 1 saturated heterocycles. The molecule has 0 saturated carbocycles. The molecular weight excluding hydrogens is 452 g/mol. The highest BCUT2D eigenvalue weighted by molar-refractivity contribution is 9.10. The Morgan fingerprint density at radius 3 is 2.48 bits per heavy atom. The van der Waals surface area contributed by atoms with Crippen molar-refractivity contribution in [2.75, 3.05) is 6.61 Å². The van der Waals surface area contributed by atoms with Gasteiger partial charge in [-0.1, -0.05) is 39.7 Å². The first kappa shape index (κ1) is 19.7. The fraction of sp³-hybridized carbons (Fsp3) is 0.158. The van der Waals surface area contributed by atoms with Crippen LogP contribution in [0.2, 0.25) is 5.02 Å². The number of carbonyl (C=O) groups excluding carboxylic acids is 1. The fourth-order valence-corrected chi connectivity index (χ4v) is 3.19. The predicted octanol–water partition coefficient (Wildman–Crippen LogP) is 4.43. The second-order valence-corrected chi connectivity index (χ2v) is 7.33. The smallest absolute Gasteiger partial charge is 0.273 e. The van der Waals surface area contributed by atoms with E-state index in [4.69, 9.17) is 33.3 Å². The molecule has 1 aliphatic rings. The van der Waals surface area contributed by atoms with E-state index in [9.17, 15) is 4.79 Å². The first-order valence-electron chi connectivity index (χ1n) is 8.14. The minimum absolute atomic E-state index is 0.270. The lowest BCUT2D eigenvalue weighted by atomic mass is 10.1. The van der Waals surface area contributed by atoms with E-state index in [0.717, 1.165) is 15.6 Å². The maximum absolute atomic E-state index is 11.9. The molecule has 8 heteroatoms. The third-order valence-electron chi connectivity index (χ3n) is 3.69. The Labute approximate surface area is 175 Å². The van der Waals surface area contributed by atoms with E-state index in [-0.39, 0.29) is 11.0 Å². The van der Waals surface area contributed by atoms with Gasteiger partial charge in [0.25, 0.3) is 5.91 Å². The van der Waals surface area contributed by atoms with Crippen LogP contribution in [-0.2, 0) is 11.4 Å². The third kappa shape index (κ3) is 5.00. The molecule has 2 aromatic rings. The van der Waals surface area contributed by atoms with E-state index in [2.05, 4.69) is 26.6 Å². The van der Waals surface area contributed by atoms with Gasteiger partial charge in [0, 0.05) is 9.50 Å². The molecule has 1 fully saturated rings. The number of hydrogen-bond donors (Lipinski definition) is 2. The summed E-state index contributed by atoms with van der Waals surface area (Å²) >= 11 is 14.4. The van der Waals surface area contributed by atoms with Crippen molar-refractivity contribution in [1.82, 2.24) is 10.6 Å². The first-order valence-corrected chi connectivity index (χ1v) is 9.72. The Balaban J connectivity index is 1.85. The van der Waals surface area contributed by atoms with Crippen LogP contribution in [0.1, 0.15) is 18.1 Å².